The Balaban J connectivity index is 2.76. The highest BCUT2D eigenvalue weighted by molar-refractivity contribution is 9.10. The molecule has 0 aliphatic carbocycles. The van der Waals surface area contributed by atoms with Gasteiger partial charge in [-0.2, -0.15) is 0 Å². The van der Waals surface area contributed by atoms with E-state index in [0.29, 0.717) is 10.6 Å². The van der Waals surface area contributed by atoms with Crippen molar-refractivity contribution in [2.75, 3.05) is 14.2 Å². The van der Waals surface area contributed by atoms with Crippen molar-refractivity contribution in [3.8, 4) is 5.75 Å². The van der Waals surface area contributed by atoms with Crippen molar-refractivity contribution in [2.24, 2.45) is 0 Å². The minimum atomic E-state index is -0.370. The van der Waals surface area contributed by atoms with Crippen molar-refractivity contribution < 1.29 is 14.3 Å². The largest absolute Gasteiger partial charge is 0.494 e. The highest BCUT2D eigenvalue weighted by Gasteiger charge is 2.20. The van der Waals surface area contributed by atoms with E-state index in [0.717, 1.165) is 14.6 Å². The summed E-state index contributed by atoms with van der Waals surface area (Å²) in [6.07, 6.45) is 0. The Hall–Kier alpha value is -1.07. The lowest BCUT2D eigenvalue weighted by Gasteiger charge is -2.00. The highest BCUT2D eigenvalue weighted by atomic mass is 79.9. The Morgan fingerprint density at radius 3 is 2.75 bits per heavy atom. The van der Waals surface area contributed by atoms with Crippen molar-refractivity contribution in [3.63, 3.8) is 0 Å². The molecule has 2 rings (SSSR count). The van der Waals surface area contributed by atoms with Crippen molar-refractivity contribution >= 4 is 43.3 Å². The monoisotopic (exact) mass is 300 g/mol. The minimum Gasteiger partial charge on any atom is -0.494 e. The number of fused-ring (bicyclic) bond motifs is 1. The molecule has 0 bridgehead atoms. The molecule has 1 aromatic heterocycles. The lowest BCUT2D eigenvalue weighted by atomic mass is 10.2. The number of hydrogen-bond acceptors (Lipinski definition) is 4. The lowest BCUT2D eigenvalue weighted by molar-refractivity contribution is 0.0603. The Bertz CT molecular complexity index is 547. The molecule has 0 aliphatic heterocycles. The maximum atomic E-state index is 11.6. The van der Waals surface area contributed by atoms with Crippen LogP contribution in [0.4, 0.5) is 0 Å². The molecule has 0 unspecified atom stereocenters. The van der Waals surface area contributed by atoms with E-state index >= 15 is 0 Å². The van der Waals surface area contributed by atoms with Crippen LogP contribution in [0.2, 0.25) is 0 Å². The fourth-order valence-electron chi connectivity index (χ4n) is 1.49. The smallest absolute Gasteiger partial charge is 0.351 e. The van der Waals surface area contributed by atoms with Gasteiger partial charge in [0.15, 0.2) is 10.6 Å². The predicted molar refractivity (Wildman–Crippen MR) is 67.4 cm³/mol. The van der Waals surface area contributed by atoms with Crippen LogP contribution in [-0.2, 0) is 4.74 Å². The third-order valence-electron chi connectivity index (χ3n) is 2.20. The molecular formula is C11H9BrO3S. The Labute approximate surface area is 105 Å². The van der Waals surface area contributed by atoms with Crippen molar-refractivity contribution in [1.82, 2.24) is 0 Å². The molecule has 1 aromatic carbocycles. The first kappa shape index (κ1) is 11.4. The lowest BCUT2D eigenvalue weighted by Crippen LogP contribution is -2.00. The number of ether oxygens (including phenoxy) is 2. The number of halogens is 1. The van der Waals surface area contributed by atoms with Gasteiger partial charge in [0.1, 0.15) is 0 Å². The zero-order chi connectivity index (χ0) is 11.7. The second-order valence-corrected chi connectivity index (χ2v) is 4.95. The number of esters is 1. The molecule has 0 saturated heterocycles. The fraction of sp³-hybridized carbons (Fsp3) is 0.182. The number of rotatable bonds is 2. The van der Waals surface area contributed by atoms with Crippen LogP contribution in [0.3, 0.4) is 0 Å². The SMILES string of the molecule is COC(=O)c1sc2c(Br)cccc2c1OC. The summed E-state index contributed by atoms with van der Waals surface area (Å²) in [4.78, 5) is 12.1. The average Bonchev–Trinajstić information content (AvgIpc) is 2.68. The number of carbonyl (C=O) groups is 1. The summed E-state index contributed by atoms with van der Waals surface area (Å²) in [7, 11) is 2.91. The van der Waals surface area contributed by atoms with Crippen LogP contribution in [0.15, 0.2) is 22.7 Å². The Morgan fingerprint density at radius 2 is 2.12 bits per heavy atom. The second kappa shape index (κ2) is 4.43. The van der Waals surface area contributed by atoms with Gasteiger partial charge >= 0.3 is 5.97 Å². The van der Waals surface area contributed by atoms with Gasteiger partial charge < -0.3 is 9.47 Å². The molecule has 3 nitrogen and oxygen atoms in total. The van der Waals surface area contributed by atoms with Gasteiger partial charge in [0, 0.05) is 9.86 Å². The van der Waals surface area contributed by atoms with E-state index in [1.54, 1.807) is 7.11 Å². The molecule has 0 aliphatic rings. The molecule has 16 heavy (non-hydrogen) atoms. The first-order valence-corrected chi connectivity index (χ1v) is 6.13. The number of benzene rings is 1. The van der Waals surface area contributed by atoms with Gasteiger partial charge in [-0.1, -0.05) is 6.07 Å². The quantitative estimate of drug-likeness (QED) is 0.797. The number of thiophene rings is 1. The van der Waals surface area contributed by atoms with E-state index in [2.05, 4.69) is 15.9 Å². The van der Waals surface area contributed by atoms with Crippen LogP contribution < -0.4 is 4.74 Å². The number of hydrogen-bond donors (Lipinski definition) is 0. The predicted octanol–water partition coefficient (Wildman–Crippen LogP) is 3.46. The zero-order valence-corrected chi connectivity index (χ0v) is 11.1. The van der Waals surface area contributed by atoms with Gasteiger partial charge in [0.05, 0.1) is 18.9 Å². The molecule has 0 saturated carbocycles. The molecule has 5 heteroatoms. The molecule has 2 aromatic rings. The molecule has 0 fully saturated rings. The fourth-order valence-corrected chi connectivity index (χ4v) is 3.19. The van der Waals surface area contributed by atoms with E-state index < -0.39 is 0 Å². The first-order valence-electron chi connectivity index (χ1n) is 4.52. The zero-order valence-electron chi connectivity index (χ0n) is 8.74. The summed E-state index contributed by atoms with van der Waals surface area (Å²) in [5.41, 5.74) is 0. The molecule has 1 heterocycles. The van der Waals surface area contributed by atoms with Gasteiger partial charge in [-0.05, 0) is 28.1 Å². The van der Waals surface area contributed by atoms with Crippen LogP contribution in [0.5, 0.6) is 5.75 Å². The minimum absolute atomic E-state index is 0.370. The number of methoxy groups -OCH3 is 2. The van der Waals surface area contributed by atoms with Crippen molar-refractivity contribution in [2.45, 2.75) is 0 Å². The van der Waals surface area contributed by atoms with Gasteiger partial charge in [-0.15, -0.1) is 11.3 Å². The van der Waals surface area contributed by atoms with E-state index in [9.17, 15) is 4.79 Å². The standard InChI is InChI=1S/C11H9BrO3S/c1-14-8-6-4-3-5-7(12)9(6)16-10(8)11(13)15-2/h3-5H,1-2H3. The summed E-state index contributed by atoms with van der Waals surface area (Å²) in [5.74, 6) is 0.207. The molecule has 0 radical (unpaired) electrons. The normalized spacial score (nSPS) is 10.4. The van der Waals surface area contributed by atoms with Gasteiger partial charge in [-0.25, -0.2) is 4.79 Å². The van der Waals surface area contributed by atoms with E-state index in [4.69, 9.17) is 9.47 Å². The summed E-state index contributed by atoms with van der Waals surface area (Å²) < 4.78 is 11.9. The van der Waals surface area contributed by atoms with E-state index in [1.165, 1.54) is 18.4 Å². The van der Waals surface area contributed by atoms with Crippen LogP contribution in [0.25, 0.3) is 10.1 Å². The van der Waals surface area contributed by atoms with Crippen molar-refractivity contribution in [3.05, 3.63) is 27.5 Å². The van der Waals surface area contributed by atoms with Crippen LogP contribution in [0.1, 0.15) is 9.67 Å². The first-order chi connectivity index (χ1) is 7.69. The maximum Gasteiger partial charge on any atom is 0.351 e. The van der Waals surface area contributed by atoms with E-state index in [-0.39, 0.29) is 5.97 Å². The Kier molecular flexibility index (Phi) is 3.16. The van der Waals surface area contributed by atoms with Gasteiger partial charge in [0.2, 0.25) is 0 Å². The summed E-state index contributed by atoms with van der Waals surface area (Å²) in [5, 5.41) is 0.919. The van der Waals surface area contributed by atoms with Crippen LogP contribution in [-0.4, -0.2) is 20.2 Å². The van der Waals surface area contributed by atoms with Crippen LogP contribution in [0, 0.1) is 0 Å². The van der Waals surface area contributed by atoms with Crippen molar-refractivity contribution in [1.29, 1.82) is 0 Å². The third-order valence-corrected chi connectivity index (χ3v) is 4.32. The summed E-state index contributed by atoms with van der Waals surface area (Å²) in [6.45, 7) is 0. The maximum absolute atomic E-state index is 11.6. The highest BCUT2D eigenvalue weighted by Crippen LogP contribution is 2.41. The topological polar surface area (TPSA) is 35.5 Å². The Morgan fingerprint density at radius 1 is 1.38 bits per heavy atom. The average molecular weight is 301 g/mol. The summed E-state index contributed by atoms with van der Waals surface area (Å²) >= 11 is 4.81. The summed E-state index contributed by atoms with van der Waals surface area (Å²) in [6, 6.07) is 5.75. The molecule has 0 atom stereocenters. The number of carbonyl (C=O) groups excluding carboxylic acids is 1. The molecule has 0 N–H and O–H groups in total. The van der Waals surface area contributed by atoms with Gasteiger partial charge in [-0.3, -0.25) is 0 Å². The molecule has 0 spiro atoms. The second-order valence-electron chi connectivity index (χ2n) is 3.07. The van der Waals surface area contributed by atoms with E-state index in [1.807, 2.05) is 18.2 Å². The van der Waals surface area contributed by atoms with Gasteiger partial charge in [0.25, 0.3) is 0 Å². The molecule has 84 valence electrons. The molecular weight excluding hydrogens is 292 g/mol. The van der Waals surface area contributed by atoms with Crippen LogP contribution >= 0.6 is 27.3 Å². The third kappa shape index (κ3) is 1.70. The molecule has 0 amide bonds.